The third kappa shape index (κ3) is 18.3. The summed E-state index contributed by atoms with van der Waals surface area (Å²) in [4.78, 5) is 53.8. The molecule has 6 aromatic rings. The van der Waals surface area contributed by atoms with Crippen LogP contribution in [0.25, 0.3) is 0 Å². The fourth-order valence-electron chi connectivity index (χ4n) is 5.61. The third-order valence-electron chi connectivity index (χ3n) is 8.83. The summed E-state index contributed by atoms with van der Waals surface area (Å²) >= 11 is 0. The third-order valence-corrected chi connectivity index (χ3v) is 8.83. The van der Waals surface area contributed by atoms with E-state index in [2.05, 4.69) is 39.7 Å². The highest BCUT2D eigenvalue weighted by molar-refractivity contribution is 5.95. The molecule has 0 bridgehead atoms. The molecule has 0 amide bonds. The number of hydrogen-bond donors (Lipinski definition) is 6. The molecule has 0 saturated carbocycles. The molecule has 6 rings (SSSR count). The zero-order valence-electron chi connectivity index (χ0n) is 33.8. The first-order valence-corrected chi connectivity index (χ1v) is 19.6. The maximum atomic E-state index is 12.2. The second kappa shape index (κ2) is 26.8. The van der Waals surface area contributed by atoms with Gasteiger partial charge in [0.2, 0.25) is 0 Å². The van der Waals surface area contributed by atoms with E-state index in [0.29, 0.717) is 44.8 Å². The van der Waals surface area contributed by atoms with Gasteiger partial charge < -0.3 is 31.3 Å². The topological polar surface area (TPSA) is 245 Å². The van der Waals surface area contributed by atoms with Crippen molar-refractivity contribution in [2.75, 3.05) is 19.8 Å². The number of rotatable bonds is 20. The monoisotopic (exact) mass is 831 g/mol. The molecule has 0 aromatic carbocycles. The van der Waals surface area contributed by atoms with Crippen molar-refractivity contribution in [3.8, 4) is 0 Å². The van der Waals surface area contributed by atoms with Crippen LogP contribution in [0.15, 0.2) is 134 Å². The Morgan fingerprint density at radius 1 is 0.508 bits per heavy atom. The van der Waals surface area contributed by atoms with E-state index in [1.165, 1.54) is 6.20 Å². The fourth-order valence-corrected chi connectivity index (χ4v) is 5.61. The molecule has 16 nitrogen and oxygen atoms in total. The Hall–Kier alpha value is -6.24. The van der Waals surface area contributed by atoms with Crippen molar-refractivity contribution in [2.45, 2.75) is 64.3 Å². The number of carbonyl (C=O) groups is 2. The Kier molecular flexibility index (Phi) is 20.8. The number of aliphatic hydroxyl groups is 4. The molecule has 0 unspecified atom stereocenters. The summed E-state index contributed by atoms with van der Waals surface area (Å²) in [5, 5.41) is 43.5. The van der Waals surface area contributed by atoms with E-state index >= 15 is 0 Å². The summed E-state index contributed by atoms with van der Waals surface area (Å²) in [7, 11) is 0. The van der Waals surface area contributed by atoms with Gasteiger partial charge in [0.15, 0.2) is 5.78 Å². The van der Waals surface area contributed by atoms with Gasteiger partial charge >= 0.3 is 5.97 Å². The minimum absolute atomic E-state index is 0.0969. The van der Waals surface area contributed by atoms with Gasteiger partial charge in [0.05, 0.1) is 65.1 Å². The van der Waals surface area contributed by atoms with Crippen molar-refractivity contribution in [1.29, 1.82) is 0 Å². The van der Waals surface area contributed by atoms with Gasteiger partial charge in [0, 0.05) is 95.0 Å². The number of Topliss-reactive ketones (excluding diaryl/α,β-unsaturated/α-hetero) is 1. The van der Waals surface area contributed by atoms with Crippen LogP contribution in [0.5, 0.6) is 0 Å². The van der Waals surface area contributed by atoms with Crippen molar-refractivity contribution in [3.05, 3.63) is 180 Å². The second-order valence-corrected chi connectivity index (χ2v) is 13.8. The van der Waals surface area contributed by atoms with Crippen LogP contribution in [0.1, 0.15) is 67.7 Å². The van der Waals surface area contributed by atoms with E-state index in [9.17, 15) is 14.7 Å². The lowest BCUT2D eigenvalue weighted by atomic mass is 10.1. The predicted molar refractivity (Wildman–Crippen MR) is 227 cm³/mol. The van der Waals surface area contributed by atoms with Crippen LogP contribution >= 0.6 is 0 Å². The summed E-state index contributed by atoms with van der Waals surface area (Å²) < 4.78 is 0. The number of nitrogens with zero attached hydrogens (tertiary/aromatic N) is 8. The molecule has 0 aliphatic carbocycles. The summed E-state index contributed by atoms with van der Waals surface area (Å²) in [6.07, 6.45) is 8.87. The number of aromatic nitrogens is 6. The van der Waals surface area contributed by atoms with E-state index < -0.39 is 18.2 Å². The van der Waals surface area contributed by atoms with Crippen LogP contribution in [-0.2, 0) is 39.3 Å². The van der Waals surface area contributed by atoms with Gasteiger partial charge in [0.1, 0.15) is 0 Å². The molecule has 16 heteroatoms. The van der Waals surface area contributed by atoms with Gasteiger partial charge in [0.25, 0.3) is 0 Å². The first kappa shape index (κ1) is 47.4. The number of carboxylic acid groups (broad SMARTS) is 1. The molecular formula is C45H53N9O7. The van der Waals surface area contributed by atoms with E-state index in [0.717, 1.165) is 34.2 Å². The summed E-state index contributed by atoms with van der Waals surface area (Å²) in [5.74, 6) is -1.07. The van der Waals surface area contributed by atoms with Gasteiger partial charge in [-0.1, -0.05) is 24.3 Å². The standard InChI is InChI=1S/C23H26N4O3.C19H18N4O2.C3H9NO2/c28-17-22(29)9-10-23(30)18-7-8-21(26-13-18)16-27(14-19-5-1-3-11-24-19)15-20-6-2-4-12-25-20;24-19(25)15-7-8-18(22-11-15)14-23(12-16-5-1-3-9-20-16)13-17-6-2-4-10-21-17;4-1-3(6)2-5/h1-8,11-13,22,28-29H,9-10,14-17H2;1-11H,12-14H2,(H,24,25);3,5-6H,1-2,4H2/t22-;;3-/m1.1/s1. The minimum Gasteiger partial charge on any atom is -0.478 e. The van der Waals surface area contributed by atoms with Crippen molar-refractivity contribution < 1.29 is 35.1 Å². The summed E-state index contributed by atoms with van der Waals surface area (Å²) in [6.45, 7) is 3.33. The largest absolute Gasteiger partial charge is 0.478 e. The molecule has 7 N–H and O–H groups in total. The number of ketones is 1. The first-order chi connectivity index (χ1) is 29.6. The van der Waals surface area contributed by atoms with Crippen LogP contribution < -0.4 is 5.73 Å². The number of pyridine rings is 6. The van der Waals surface area contributed by atoms with E-state index in [1.807, 2.05) is 78.9 Å². The zero-order chi connectivity index (χ0) is 43.7. The average molecular weight is 832 g/mol. The van der Waals surface area contributed by atoms with E-state index in [4.69, 9.17) is 26.2 Å². The fraction of sp³-hybridized carbons (Fsp3) is 0.289. The molecule has 0 saturated heterocycles. The molecule has 0 fully saturated rings. The Labute approximate surface area is 355 Å². The molecule has 6 aromatic heterocycles. The number of aromatic carboxylic acids is 1. The lowest BCUT2D eigenvalue weighted by molar-refractivity contribution is 0.0696. The summed E-state index contributed by atoms with van der Waals surface area (Å²) in [5.41, 5.74) is 11.0. The molecule has 0 aliphatic rings. The number of nitrogens with two attached hydrogens (primary N) is 1. The van der Waals surface area contributed by atoms with Crippen LogP contribution in [0.4, 0.5) is 0 Å². The molecule has 61 heavy (non-hydrogen) atoms. The highest BCUT2D eigenvalue weighted by Crippen LogP contribution is 2.14. The van der Waals surface area contributed by atoms with Gasteiger partial charge in [-0.3, -0.25) is 44.5 Å². The zero-order valence-corrected chi connectivity index (χ0v) is 33.8. The van der Waals surface area contributed by atoms with Gasteiger partial charge in [-0.15, -0.1) is 0 Å². The lowest BCUT2D eigenvalue weighted by Gasteiger charge is -2.21. The van der Waals surface area contributed by atoms with Crippen molar-refractivity contribution in [1.82, 2.24) is 39.7 Å². The van der Waals surface area contributed by atoms with Crippen molar-refractivity contribution >= 4 is 11.8 Å². The Balaban J connectivity index is 0.000000240. The van der Waals surface area contributed by atoms with Gasteiger partial charge in [-0.25, -0.2) is 4.79 Å². The highest BCUT2D eigenvalue weighted by Gasteiger charge is 2.14. The number of aliphatic hydroxyl groups excluding tert-OH is 4. The predicted octanol–water partition coefficient (Wildman–Crippen LogP) is 3.46. The van der Waals surface area contributed by atoms with Crippen molar-refractivity contribution in [2.24, 2.45) is 5.73 Å². The Morgan fingerprint density at radius 3 is 1.13 bits per heavy atom. The average Bonchev–Trinajstić information content (AvgIpc) is 3.30. The maximum Gasteiger partial charge on any atom is 0.337 e. The maximum absolute atomic E-state index is 12.2. The van der Waals surface area contributed by atoms with Crippen LogP contribution in [0.3, 0.4) is 0 Å². The molecule has 0 spiro atoms. The quantitative estimate of drug-likeness (QED) is 0.0603. The first-order valence-electron chi connectivity index (χ1n) is 19.6. The molecule has 2 atom stereocenters. The number of carbonyl (C=O) groups excluding carboxylic acids is 1. The van der Waals surface area contributed by atoms with Crippen LogP contribution in [-0.4, -0.2) is 109 Å². The number of hydrogen-bond acceptors (Lipinski definition) is 15. The number of carboxylic acids is 1. The summed E-state index contributed by atoms with van der Waals surface area (Å²) in [6, 6.07) is 30.3. The van der Waals surface area contributed by atoms with Crippen molar-refractivity contribution in [3.63, 3.8) is 0 Å². The molecule has 320 valence electrons. The molecule has 0 radical (unpaired) electrons. The van der Waals surface area contributed by atoms with Crippen LogP contribution in [0, 0.1) is 0 Å². The Morgan fingerprint density at radius 2 is 0.869 bits per heavy atom. The molecule has 6 heterocycles. The van der Waals surface area contributed by atoms with Gasteiger partial charge in [-0.2, -0.15) is 0 Å². The molecular weight excluding hydrogens is 779 g/mol. The van der Waals surface area contributed by atoms with Crippen LogP contribution in [0.2, 0.25) is 0 Å². The SMILES string of the molecule is NC[C@@H](O)CO.O=C(CC[C@@H](O)CO)c1ccc(CN(Cc2ccccn2)Cc2ccccn2)nc1.O=C(O)c1ccc(CN(Cc2ccccn2)Cc2ccccn2)nc1. The lowest BCUT2D eigenvalue weighted by Crippen LogP contribution is -2.24. The Bertz CT molecular complexity index is 2020. The second-order valence-electron chi connectivity index (χ2n) is 13.8. The normalized spacial score (nSPS) is 11.8. The van der Waals surface area contributed by atoms with E-state index in [-0.39, 0.29) is 43.9 Å². The van der Waals surface area contributed by atoms with Gasteiger partial charge in [-0.05, 0) is 79.2 Å². The smallest absolute Gasteiger partial charge is 0.337 e. The molecule has 0 aliphatic heterocycles. The minimum atomic E-state index is -0.974. The van der Waals surface area contributed by atoms with E-state index in [1.54, 1.807) is 49.2 Å². The highest BCUT2D eigenvalue weighted by atomic mass is 16.4.